The normalized spacial score (nSPS) is 11.6. The lowest BCUT2D eigenvalue weighted by atomic mass is 10.2. The molecule has 0 bridgehead atoms. The smallest absolute Gasteiger partial charge is 0.243 e. The predicted octanol–water partition coefficient (Wildman–Crippen LogP) is 4.05. The fourth-order valence-electron chi connectivity index (χ4n) is 2.63. The molecular formula is C19H22Cl2N2O3S. The van der Waals surface area contributed by atoms with E-state index in [4.69, 9.17) is 23.2 Å². The third kappa shape index (κ3) is 5.45. The standard InChI is InChI=1S/C19H22Cl2N2O3S/c1-3-22(4-2)19(24)14-23(13-15-10-11-16(20)12-18(15)21)27(25,26)17-8-6-5-7-9-17/h5-12H,3-4,13-14H2,1-2H3. The molecule has 2 aromatic carbocycles. The van der Waals surface area contributed by atoms with Gasteiger partial charge < -0.3 is 4.90 Å². The van der Waals surface area contributed by atoms with E-state index >= 15 is 0 Å². The van der Waals surface area contributed by atoms with E-state index in [0.29, 0.717) is 28.7 Å². The highest BCUT2D eigenvalue weighted by Gasteiger charge is 2.28. The number of sulfonamides is 1. The second-order valence-corrected chi connectivity index (χ2v) is 8.67. The van der Waals surface area contributed by atoms with Gasteiger partial charge in [0.05, 0.1) is 11.4 Å². The SMILES string of the molecule is CCN(CC)C(=O)CN(Cc1ccc(Cl)cc1Cl)S(=O)(=O)c1ccccc1. The number of benzene rings is 2. The third-order valence-electron chi connectivity index (χ3n) is 4.17. The number of nitrogens with zero attached hydrogens (tertiary/aromatic N) is 2. The number of likely N-dealkylation sites (N-methyl/N-ethyl adjacent to an activating group) is 1. The van der Waals surface area contributed by atoms with Crippen LogP contribution in [0.2, 0.25) is 10.0 Å². The van der Waals surface area contributed by atoms with Crippen molar-refractivity contribution < 1.29 is 13.2 Å². The average molecular weight is 429 g/mol. The summed E-state index contributed by atoms with van der Waals surface area (Å²) in [6.45, 7) is 4.44. The Balaban J connectivity index is 2.40. The van der Waals surface area contributed by atoms with Gasteiger partial charge in [0.2, 0.25) is 15.9 Å². The van der Waals surface area contributed by atoms with E-state index in [2.05, 4.69) is 0 Å². The van der Waals surface area contributed by atoms with Gasteiger partial charge in [0.25, 0.3) is 0 Å². The first kappa shape index (κ1) is 21.7. The Labute approximate surface area is 170 Å². The second kappa shape index (κ2) is 9.55. The molecule has 0 saturated heterocycles. The van der Waals surface area contributed by atoms with E-state index in [1.54, 1.807) is 41.3 Å². The molecule has 27 heavy (non-hydrogen) atoms. The molecule has 1 amide bonds. The van der Waals surface area contributed by atoms with Crippen LogP contribution in [0.15, 0.2) is 53.4 Å². The Bertz CT molecular complexity index is 885. The minimum Gasteiger partial charge on any atom is -0.342 e. The maximum Gasteiger partial charge on any atom is 0.243 e. The van der Waals surface area contributed by atoms with Crippen LogP contribution in [-0.2, 0) is 21.4 Å². The molecular weight excluding hydrogens is 407 g/mol. The van der Waals surface area contributed by atoms with Crippen LogP contribution < -0.4 is 0 Å². The van der Waals surface area contributed by atoms with Crippen LogP contribution >= 0.6 is 23.2 Å². The molecule has 0 heterocycles. The number of rotatable bonds is 8. The van der Waals surface area contributed by atoms with E-state index in [1.807, 2.05) is 13.8 Å². The van der Waals surface area contributed by atoms with Gasteiger partial charge in [-0.25, -0.2) is 8.42 Å². The van der Waals surface area contributed by atoms with E-state index in [0.717, 1.165) is 4.31 Å². The minimum absolute atomic E-state index is 0.0275. The molecule has 0 fully saturated rings. The van der Waals surface area contributed by atoms with E-state index in [9.17, 15) is 13.2 Å². The van der Waals surface area contributed by atoms with Gasteiger partial charge in [-0.05, 0) is 43.7 Å². The van der Waals surface area contributed by atoms with Crippen LogP contribution in [-0.4, -0.2) is 43.2 Å². The van der Waals surface area contributed by atoms with E-state index in [1.165, 1.54) is 12.1 Å². The lowest BCUT2D eigenvalue weighted by Crippen LogP contribution is -2.42. The molecule has 0 spiro atoms. The van der Waals surface area contributed by atoms with Gasteiger partial charge in [-0.3, -0.25) is 4.79 Å². The molecule has 8 heteroatoms. The zero-order valence-electron chi connectivity index (χ0n) is 15.2. The first-order valence-corrected chi connectivity index (χ1v) is 10.8. The predicted molar refractivity (Wildman–Crippen MR) is 108 cm³/mol. The molecule has 0 saturated carbocycles. The van der Waals surface area contributed by atoms with Gasteiger partial charge in [-0.15, -0.1) is 0 Å². The van der Waals surface area contributed by atoms with Crippen LogP contribution in [0.25, 0.3) is 0 Å². The van der Waals surface area contributed by atoms with Crippen LogP contribution in [0.5, 0.6) is 0 Å². The van der Waals surface area contributed by atoms with E-state index < -0.39 is 10.0 Å². The van der Waals surface area contributed by atoms with Gasteiger partial charge in [0.1, 0.15) is 0 Å². The van der Waals surface area contributed by atoms with Gasteiger partial charge in [0.15, 0.2) is 0 Å². The van der Waals surface area contributed by atoms with Crippen LogP contribution in [0, 0.1) is 0 Å². The monoisotopic (exact) mass is 428 g/mol. The van der Waals surface area contributed by atoms with Crippen molar-refractivity contribution in [2.45, 2.75) is 25.3 Å². The molecule has 0 aromatic heterocycles. The lowest BCUT2D eigenvalue weighted by Gasteiger charge is -2.26. The zero-order valence-corrected chi connectivity index (χ0v) is 17.6. The fourth-order valence-corrected chi connectivity index (χ4v) is 4.49. The molecule has 0 unspecified atom stereocenters. The van der Waals surface area contributed by atoms with Crippen LogP contribution in [0.4, 0.5) is 0 Å². The highest BCUT2D eigenvalue weighted by Crippen LogP contribution is 2.25. The van der Waals surface area contributed by atoms with Crippen molar-refractivity contribution in [3.05, 3.63) is 64.1 Å². The number of carbonyl (C=O) groups excluding carboxylic acids is 1. The molecule has 2 rings (SSSR count). The molecule has 0 aliphatic heterocycles. The van der Waals surface area contributed by atoms with Gasteiger partial charge in [0, 0.05) is 29.7 Å². The number of carbonyl (C=O) groups is 1. The van der Waals surface area contributed by atoms with E-state index in [-0.39, 0.29) is 23.9 Å². The van der Waals surface area contributed by atoms with Gasteiger partial charge in [-0.2, -0.15) is 4.31 Å². The second-order valence-electron chi connectivity index (χ2n) is 5.89. The maximum absolute atomic E-state index is 13.1. The molecule has 146 valence electrons. The number of amides is 1. The minimum atomic E-state index is -3.88. The van der Waals surface area contributed by atoms with Crippen molar-refractivity contribution in [2.75, 3.05) is 19.6 Å². The van der Waals surface area contributed by atoms with Crippen molar-refractivity contribution in [3.63, 3.8) is 0 Å². The summed E-state index contributed by atoms with van der Waals surface area (Å²) in [5.41, 5.74) is 0.577. The number of hydrogen-bond acceptors (Lipinski definition) is 3. The fraction of sp³-hybridized carbons (Fsp3) is 0.316. The van der Waals surface area contributed by atoms with Crippen LogP contribution in [0.3, 0.4) is 0 Å². The van der Waals surface area contributed by atoms with Crippen molar-refractivity contribution >= 4 is 39.1 Å². The molecule has 0 N–H and O–H groups in total. The molecule has 0 atom stereocenters. The molecule has 0 aliphatic carbocycles. The Kier molecular flexibility index (Phi) is 7.68. The molecule has 0 aliphatic rings. The lowest BCUT2D eigenvalue weighted by molar-refractivity contribution is -0.131. The first-order chi connectivity index (χ1) is 12.8. The first-order valence-electron chi connectivity index (χ1n) is 8.56. The zero-order chi connectivity index (χ0) is 20.0. The Morgan fingerprint density at radius 2 is 1.63 bits per heavy atom. The molecule has 2 aromatic rings. The summed E-state index contributed by atoms with van der Waals surface area (Å²) in [5, 5.41) is 0.812. The summed E-state index contributed by atoms with van der Waals surface area (Å²) < 4.78 is 27.4. The van der Waals surface area contributed by atoms with Crippen molar-refractivity contribution in [1.29, 1.82) is 0 Å². The topological polar surface area (TPSA) is 57.7 Å². The largest absolute Gasteiger partial charge is 0.342 e. The Hall–Kier alpha value is -1.60. The Morgan fingerprint density at radius 3 is 2.19 bits per heavy atom. The molecule has 0 radical (unpaired) electrons. The third-order valence-corrected chi connectivity index (χ3v) is 6.56. The Morgan fingerprint density at radius 1 is 1.00 bits per heavy atom. The van der Waals surface area contributed by atoms with Crippen LogP contribution in [0.1, 0.15) is 19.4 Å². The summed E-state index contributed by atoms with van der Waals surface area (Å²) >= 11 is 12.1. The highest BCUT2D eigenvalue weighted by atomic mass is 35.5. The highest BCUT2D eigenvalue weighted by molar-refractivity contribution is 7.89. The van der Waals surface area contributed by atoms with Crippen molar-refractivity contribution in [3.8, 4) is 0 Å². The quantitative estimate of drug-likeness (QED) is 0.636. The number of hydrogen-bond donors (Lipinski definition) is 0. The number of halogens is 2. The maximum atomic E-state index is 13.1. The summed E-state index contributed by atoms with van der Waals surface area (Å²) in [7, 11) is -3.88. The van der Waals surface area contributed by atoms with Gasteiger partial charge in [-0.1, -0.05) is 47.5 Å². The summed E-state index contributed by atoms with van der Waals surface area (Å²) in [6.07, 6.45) is 0. The van der Waals surface area contributed by atoms with Crippen molar-refractivity contribution in [2.24, 2.45) is 0 Å². The summed E-state index contributed by atoms with van der Waals surface area (Å²) in [6, 6.07) is 12.9. The summed E-state index contributed by atoms with van der Waals surface area (Å²) in [5.74, 6) is -0.260. The molecule has 5 nitrogen and oxygen atoms in total. The summed E-state index contributed by atoms with van der Waals surface area (Å²) in [4.78, 5) is 14.3. The average Bonchev–Trinajstić information content (AvgIpc) is 2.65. The van der Waals surface area contributed by atoms with Crippen molar-refractivity contribution in [1.82, 2.24) is 9.21 Å². The van der Waals surface area contributed by atoms with Gasteiger partial charge >= 0.3 is 0 Å².